The Balaban J connectivity index is 1.89. The maximum absolute atomic E-state index is 5.15. The fraction of sp³-hybridized carbons (Fsp3) is 0.625. The molecular formula is C16H26N2O. The number of nitrogens with zero attached hydrogens (tertiary/aromatic N) is 1. The van der Waals surface area contributed by atoms with Gasteiger partial charge in [0.2, 0.25) is 0 Å². The monoisotopic (exact) mass is 262 g/mol. The van der Waals surface area contributed by atoms with Crippen molar-refractivity contribution in [1.82, 2.24) is 5.32 Å². The molecule has 1 unspecified atom stereocenters. The van der Waals surface area contributed by atoms with Gasteiger partial charge in [-0.1, -0.05) is 18.2 Å². The van der Waals surface area contributed by atoms with E-state index in [-0.39, 0.29) is 0 Å². The number of aryl methyl sites for hydroxylation is 1. The standard InChI is InChI=1S/C16H26N2O/c1-14(13-19-2)17-10-12-18-11-6-5-8-15-7-3-4-9-16(15)18/h3-4,7,9,14,17H,5-6,8,10-13H2,1-2H3. The Bertz CT molecular complexity index is 381. The molecule has 19 heavy (non-hydrogen) atoms. The van der Waals surface area contributed by atoms with E-state index in [4.69, 9.17) is 4.74 Å². The molecule has 0 aromatic heterocycles. The topological polar surface area (TPSA) is 24.5 Å². The summed E-state index contributed by atoms with van der Waals surface area (Å²) in [6.07, 6.45) is 3.82. The molecular weight excluding hydrogens is 236 g/mol. The normalized spacial score (nSPS) is 16.8. The van der Waals surface area contributed by atoms with Crippen LogP contribution in [0.25, 0.3) is 0 Å². The summed E-state index contributed by atoms with van der Waals surface area (Å²) in [5, 5.41) is 3.52. The third-order valence-corrected chi connectivity index (χ3v) is 3.75. The highest BCUT2D eigenvalue weighted by Gasteiger charge is 2.14. The second-order valence-corrected chi connectivity index (χ2v) is 5.38. The molecule has 1 aromatic carbocycles. The van der Waals surface area contributed by atoms with Crippen molar-refractivity contribution in [2.75, 3.05) is 38.3 Å². The van der Waals surface area contributed by atoms with E-state index in [1.807, 2.05) is 0 Å². The second kappa shape index (κ2) is 7.51. The van der Waals surface area contributed by atoms with Gasteiger partial charge in [-0.2, -0.15) is 0 Å². The maximum Gasteiger partial charge on any atom is 0.0613 e. The van der Waals surface area contributed by atoms with Gasteiger partial charge in [0.15, 0.2) is 0 Å². The predicted molar refractivity (Wildman–Crippen MR) is 80.9 cm³/mol. The van der Waals surface area contributed by atoms with Crippen LogP contribution in [0.3, 0.4) is 0 Å². The van der Waals surface area contributed by atoms with E-state index in [9.17, 15) is 0 Å². The summed E-state index contributed by atoms with van der Waals surface area (Å²) >= 11 is 0. The number of nitrogens with one attached hydrogen (secondary N) is 1. The fourth-order valence-corrected chi connectivity index (χ4v) is 2.76. The Morgan fingerprint density at radius 3 is 3.00 bits per heavy atom. The van der Waals surface area contributed by atoms with E-state index in [1.165, 1.54) is 37.1 Å². The lowest BCUT2D eigenvalue weighted by Crippen LogP contribution is -2.38. The smallest absolute Gasteiger partial charge is 0.0613 e. The van der Waals surface area contributed by atoms with E-state index in [0.29, 0.717) is 6.04 Å². The molecule has 0 radical (unpaired) electrons. The summed E-state index contributed by atoms with van der Waals surface area (Å²) in [6, 6.07) is 9.26. The second-order valence-electron chi connectivity index (χ2n) is 5.38. The first-order valence-electron chi connectivity index (χ1n) is 7.36. The van der Waals surface area contributed by atoms with Crippen molar-refractivity contribution in [2.45, 2.75) is 32.2 Å². The van der Waals surface area contributed by atoms with Gasteiger partial charge in [0.05, 0.1) is 6.61 Å². The third-order valence-electron chi connectivity index (χ3n) is 3.75. The minimum absolute atomic E-state index is 0.423. The zero-order valence-electron chi connectivity index (χ0n) is 12.2. The summed E-state index contributed by atoms with van der Waals surface area (Å²) in [6.45, 7) is 6.21. The zero-order chi connectivity index (χ0) is 13.5. The highest BCUT2D eigenvalue weighted by molar-refractivity contribution is 5.54. The summed E-state index contributed by atoms with van der Waals surface area (Å²) < 4.78 is 5.15. The first-order valence-corrected chi connectivity index (χ1v) is 7.36. The number of benzene rings is 1. The number of anilines is 1. The molecule has 0 aliphatic carbocycles. The minimum atomic E-state index is 0.423. The molecule has 0 spiro atoms. The molecule has 106 valence electrons. The molecule has 0 saturated heterocycles. The van der Waals surface area contributed by atoms with Crippen molar-refractivity contribution in [1.29, 1.82) is 0 Å². The Kier molecular flexibility index (Phi) is 5.67. The molecule has 1 aliphatic rings. The van der Waals surface area contributed by atoms with Gasteiger partial charge in [-0.3, -0.25) is 0 Å². The van der Waals surface area contributed by atoms with Crippen molar-refractivity contribution in [3.05, 3.63) is 29.8 Å². The highest BCUT2D eigenvalue weighted by Crippen LogP contribution is 2.25. The van der Waals surface area contributed by atoms with Crippen LogP contribution in [0.5, 0.6) is 0 Å². The van der Waals surface area contributed by atoms with Crippen LogP contribution in [-0.2, 0) is 11.2 Å². The SMILES string of the molecule is COCC(C)NCCN1CCCCc2ccccc21. The quantitative estimate of drug-likeness (QED) is 0.852. The molecule has 3 nitrogen and oxygen atoms in total. The number of hydrogen-bond acceptors (Lipinski definition) is 3. The van der Waals surface area contributed by atoms with E-state index in [1.54, 1.807) is 7.11 Å². The minimum Gasteiger partial charge on any atom is -0.383 e. The molecule has 0 fully saturated rings. The number of hydrogen-bond donors (Lipinski definition) is 1. The van der Waals surface area contributed by atoms with Crippen LogP contribution in [0.4, 0.5) is 5.69 Å². The molecule has 3 heteroatoms. The number of methoxy groups -OCH3 is 1. The molecule has 1 aromatic rings. The summed E-state index contributed by atoms with van der Waals surface area (Å²) in [7, 11) is 1.75. The zero-order valence-corrected chi connectivity index (χ0v) is 12.2. The lowest BCUT2D eigenvalue weighted by Gasteiger charge is -2.26. The summed E-state index contributed by atoms with van der Waals surface area (Å²) in [4.78, 5) is 2.52. The highest BCUT2D eigenvalue weighted by atomic mass is 16.5. The van der Waals surface area contributed by atoms with Gasteiger partial charge >= 0.3 is 0 Å². The molecule has 1 aliphatic heterocycles. The summed E-state index contributed by atoms with van der Waals surface area (Å²) in [5.41, 5.74) is 2.94. The van der Waals surface area contributed by atoms with Crippen LogP contribution in [0.15, 0.2) is 24.3 Å². The molecule has 2 rings (SSSR count). The first kappa shape index (κ1) is 14.4. The van der Waals surface area contributed by atoms with Crippen molar-refractivity contribution >= 4 is 5.69 Å². The maximum atomic E-state index is 5.15. The van der Waals surface area contributed by atoms with Gasteiger partial charge in [-0.05, 0) is 37.8 Å². The largest absolute Gasteiger partial charge is 0.383 e. The van der Waals surface area contributed by atoms with Gasteiger partial charge in [-0.25, -0.2) is 0 Å². The van der Waals surface area contributed by atoms with Crippen LogP contribution in [0.2, 0.25) is 0 Å². The number of ether oxygens (including phenoxy) is 1. The number of fused-ring (bicyclic) bond motifs is 1. The molecule has 1 N–H and O–H groups in total. The lowest BCUT2D eigenvalue weighted by atomic mass is 10.1. The Hall–Kier alpha value is -1.06. The van der Waals surface area contributed by atoms with Crippen molar-refractivity contribution in [3.8, 4) is 0 Å². The Labute approximate surface area is 116 Å². The van der Waals surface area contributed by atoms with E-state index < -0.39 is 0 Å². The van der Waals surface area contributed by atoms with E-state index in [0.717, 1.165) is 19.7 Å². The van der Waals surface area contributed by atoms with Crippen LogP contribution >= 0.6 is 0 Å². The fourth-order valence-electron chi connectivity index (χ4n) is 2.76. The van der Waals surface area contributed by atoms with Crippen molar-refractivity contribution < 1.29 is 4.74 Å². The van der Waals surface area contributed by atoms with Crippen LogP contribution in [0, 0.1) is 0 Å². The number of para-hydroxylation sites is 1. The van der Waals surface area contributed by atoms with Gasteiger partial charge in [0.1, 0.15) is 0 Å². The average molecular weight is 262 g/mol. The van der Waals surface area contributed by atoms with E-state index >= 15 is 0 Å². The van der Waals surface area contributed by atoms with Gasteiger partial charge in [0.25, 0.3) is 0 Å². The number of rotatable bonds is 6. The predicted octanol–water partition coefficient (Wildman–Crippen LogP) is 2.45. The van der Waals surface area contributed by atoms with E-state index in [2.05, 4.69) is 41.4 Å². The Morgan fingerprint density at radius 1 is 1.32 bits per heavy atom. The van der Waals surface area contributed by atoms with Crippen molar-refractivity contribution in [2.24, 2.45) is 0 Å². The van der Waals surface area contributed by atoms with Crippen LogP contribution < -0.4 is 10.2 Å². The molecule has 0 amide bonds. The average Bonchev–Trinajstić information content (AvgIpc) is 2.62. The lowest BCUT2D eigenvalue weighted by molar-refractivity contribution is 0.172. The van der Waals surface area contributed by atoms with Crippen molar-refractivity contribution in [3.63, 3.8) is 0 Å². The molecule has 0 saturated carbocycles. The van der Waals surface area contributed by atoms with Gasteiger partial charge in [-0.15, -0.1) is 0 Å². The van der Waals surface area contributed by atoms with Gasteiger partial charge < -0.3 is 15.0 Å². The van der Waals surface area contributed by atoms with Crippen LogP contribution in [0.1, 0.15) is 25.3 Å². The Morgan fingerprint density at radius 2 is 2.16 bits per heavy atom. The summed E-state index contributed by atoms with van der Waals surface area (Å²) in [5.74, 6) is 0. The molecule has 0 bridgehead atoms. The molecule has 1 atom stereocenters. The molecule has 1 heterocycles. The van der Waals surface area contributed by atoms with Gasteiger partial charge in [0, 0.05) is 38.5 Å². The first-order chi connectivity index (χ1) is 9.31. The third kappa shape index (κ3) is 4.22. The van der Waals surface area contributed by atoms with Crippen LogP contribution in [-0.4, -0.2) is 39.4 Å².